The molecule has 112 valence electrons. The van der Waals surface area contributed by atoms with Crippen molar-refractivity contribution in [2.75, 3.05) is 32.1 Å². The van der Waals surface area contributed by atoms with Crippen LogP contribution in [0.3, 0.4) is 0 Å². The van der Waals surface area contributed by atoms with Gasteiger partial charge in [-0.1, -0.05) is 18.2 Å². The standard InChI is InChI=1S/C16H26N2O2/c1-5-18(14-10-7-6-8-11-14)13-9-12-16(2,17-3)15(19)20-4/h6-8,10-11,17H,5,9,12-13H2,1-4H3. The zero-order valence-corrected chi connectivity index (χ0v) is 13.0. The molecule has 1 aromatic rings. The molecule has 0 aliphatic rings. The van der Waals surface area contributed by atoms with Crippen LogP contribution in [0.15, 0.2) is 30.3 Å². The number of esters is 1. The lowest BCUT2D eigenvalue weighted by atomic mass is 9.96. The third kappa shape index (κ3) is 4.23. The van der Waals surface area contributed by atoms with E-state index in [2.05, 4.69) is 29.3 Å². The van der Waals surface area contributed by atoms with Crippen LogP contribution in [0.4, 0.5) is 5.69 Å². The predicted molar refractivity (Wildman–Crippen MR) is 83.0 cm³/mol. The van der Waals surface area contributed by atoms with E-state index in [9.17, 15) is 4.79 Å². The fourth-order valence-electron chi connectivity index (χ4n) is 2.29. The number of nitrogens with zero attached hydrogens (tertiary/aromatic N) is 1. The molecule has 1 rings (SSSR count). The van der Waals surface area contributed by atoms with Crippen LogP contribution in [0.5, 0.6) is 0 Å². The highest BCUT2D eigenvalue weighted by atomic mass is 16.5. The number of benzene rings is 1. The summed E-state index contributed by atoms with van der Waals surface area (Å²) in [4.78, 5) is 14.1. The number of carbonyl (C=O) groups excluding carboxylic acids is 1. The second-order valence-corrected chi connectivity index (χ2v) is 5.09. The van der Waals surface area contributed by atoms with Gasteiger partial charge in [0.25, 0.3) is 0 Å². The number of hydrogen-bond donors (Lipinski definition) is 1. The summed E-state index contributed by atoms with van der Waals surface area (Å²) in [5.41, 5.74) is 0.615. The summed E-state index contributed by atoms with van der Waals surface area (Å²) in [6.45, 7) is 5.91. The van der Waals surface area contributed by atoms with Crippen LogP contribution < -0.4 is 10.2 Å². The Labute approximate surface area is 122 Å². The average Bonchev–Trinajstić information content (AvgIpc) is 2.51. The van der Waals surface area contributed by atoms with Crippen LogP contribution in [-0.2, 0) is 9.53 Å². The van der Waals surface area contributed by atoms with Crippen LogP contribution in [0.1, 0.15) is 26.7 Å². The molecule has 0 spiro atoms. The van der Waals surface area contributed by atoms with E-state index in [-0.39, 0.29) is 5.97 Å². The lowest BCUT2D eigenvalue weighted by Crippen LogP contribution is -2.48. The van der Waals surface area contributed by atoms with Crippen molar-refractivity contribution in [1.82, 2.24) is 5.32 Å². The number of anilines is 1. The second-order valence-electron chi connectivity index (χ2n) is 5.09. The molecule has 0 amide bonds. The predicted octanol–water partition coefficient (Wildman–Crippen LogP) is 2.44. The van der Waals surface area contributed by atoms with Crippen molar-refractivity contribution in [3.05, 3.63) is 30.3 Å². The Bertz CT molecular complexity index is 408. The molecule has 0 saturated carbocycles. The monoisotopic (exact) mass is 278 g/mol. The molecule has 1 unspecified atom stereocenters. The van der Waals surface area contributed by atoms with E-state index in [1.165, 1.54) is 12.8 Å². The maximum absolute atomic E-state index is 11.8. The first-order valence-corrected chi connectivity index (χ1v) is 7.14. The minimum absolute atomic E-state index is 0.206. The average molecular weight is 278 g/mol. The van der Waals surface area contributed by atoms with Crippen molar-refractivity contribution < 1.29 is 9.53 Å². The summed E-state index contributed by atoms with van der Waals surface area (Å²) in [6, 6.07) is 10.3. The van der Waals surface area contributed by atoms with Crippen LogP contribution in [0.2, 0.25) is 0 Å². The van der Waals surface area contributed by atoms with Crippen LogP contribution in [-0.4, -0.2) is 38.8 Å². The first-order chi connectivity index (χ1) is 9.57. The number of methoxy groups -OCH3 is 1. The molecule has 0 heterocycles. The van der Waals surface area contributed by atoms with E-state index in [1.807, 2.05) is 25.1 Å². The van der Waals surface area contributed by atoms with Gasteiger partial charge >= 0.3 is 5.97 Å². The quantitative estimate of drug-likeness (QED) is 0.742. The van der Waals surface area contributed by atoms with Crippen molar-refractivity contribution in [2.45, 2.75) is 32.2 Å². The fraction of sp³-hybridized carbons (Fsp3) is 0.562. The third-order valence-electron chi connectivity index (χ3n) is 3.80. The Morgan fingerprint density at radius 3 is 2.50 bits per heavy atom. The number of likely N-dealkylation sites (N-methyl/N-ethyl adjacent to an activating group) is 1. The van der Waals surface area contributed by atoms with Gasteiger partial charge in [0.15, 0.2) is 0 Å². The van der Waals surface area contributed by atoms with E-state index in [1.54, 1.807) is 7.05 Å². The Kier molecular flexibility index (Phi) is 6.52. The second kappa shape index (κ2) is 7.90. The van der Waals surface area contributed by atoms with Crippen LogP contribution in [0, 0.1) is 0 Å². The maximum Gasteiger partial charge on any atom is 0.325 e. The normalized spacial score (nSPS) is 13.6. The van der Waals surface area contributed by atoms with E-state index >= 15 is 0 Å². The smallest absolute Gasteiger partial charge is 0.325 e. The fourth-order valence-corrected chi connectivity index (χ4v) is 2.29. The van der Waals surface area contributed by atoms with Gasteiger partial charge in [-0.15, -0.1) is 0 Å². The van der Waals surface area contributed by atoms with Gasteiger partial charge in [0.2, 0.25) is 0 Å². The van der Waals surface area contributed by atoms with E-state index < -0.39 is 5.54 Å². The molecule has 0 fully saturated rings. The number of nitrogens with one attached hydrogen (secondary N) is 1. The minimum atomic E-state index is -0.606. The lowest BCUT2D eigenvalue weighted by Gasteiger charge is -2.28. The molecule has 0 radical (unpaired) electrons. The molecule has 1 N–H and O–H groups in total. The molecular formula is C16H26N2O2. The molecule has 1 atom stereocenters. The minimum Gasteiger partial charge on any atom is -0.468 e. The number of para-hydroxylation sites is 1. The van der Waals surface area contributed by atoms with Gasteiger partial charge in [0.05, 0.1) is 7.11 Å². The van der Waals surface area contributed by atoms with Crippen molar-refractivity contribution in [1.29, 1.82) is 0 Å². The Hall–Kier alpha value is -1.55. The largest absolute Gasteiger partial charge is 0.468 e. The number of hydrogen-bond acceptors (Lipinski definition) is 4. The highest BCUT2D eigenvalue weighted by molar-refractivity contribution is 5.80. The summed E-state index contributed by atoms with van der Waals surface area (Å²) in [7, 11) is 3.23. The first kappa shape index (κ1) is 16.5. The summed E-state index contributed by atoms with van der Waals surface area (Å²) in [6.07, 6.45) is 1.68. The van der Waals surface area contributed by atoms with Gasteiger partial charge in [0.1, 0.15) is 5.54 Å². The number of carbonyl (C=O) groups is 1. The van der Waals surface area contributed by atoms with E-state index in [0.717, 1.165) is 25.9 Å². The Morgan fingerprint density at radius 1 is 1.35 bits per heavy atom. The highest BCUT2D eigenvalue weighted by Crippen LogP contribution is 2.17. The van der Waals surface area contributed by atoms with Crippen LogP contribution in [0.25, 0.3) is 0 Å². The van der Waals surface area contributed by atoms with Crippen molar-refractivity contribution in [3.63, 3.8) is 0 Å². The number of rotatable bonds is 8. The SMILES string of the molecule is CCN(CCCC(C)(NC)C(=O)OC)c1ccccc1. The summed E-state index contributed by atoms with van der Waals surface area (Å²) < 4.78 is 4.86. The summed E-state index contributed by atoms with van der Waals surface area (Å²) >= 11 is 0. The third-order valence-corrected chi connectivity index (χ3v) is 3.80. The Morgan fingerprint density at radius 2 is 2.00 bits per heavy atom. The van der Waals surface area contributed by atoms with Gasteiger partial charge in [0, 0.05) is 18.8 Å². The molecule has 1 aromatic carbocycles. The molecule has 0 bridgehead atoms. The molecule has 0 aliphatic heterocycles. The van der Waals surface area contributed by atoms with Gasteiger partial charge in [-0.3, -0.25) is 4.79 Å². The maximum atomic E-state index is 11.8. The molecule has 4 heteroatoms. The molecule has 0 saturated heterocycles. The zero-order valence-electron chi connectivity index (χ0n) is 13.0. The van der Waals surface area contributed by atoms with Crippen molar-refractivity contribution in [2.24, 2.45) is 0 Å². The summed E-state index contributed by atoms with van der Waals surface area (Å²) in [5.74, 6) is -0.206. The first-order valence-electron chi connectivity index (χ1n) is 7.14. The van der Waals surface area contributed by atoms with E-state index in [0.29, 0.717) is 0 Å². The molecule has 0 aliphatic carbocycles. The number of ether oxygens (including phenoxy) is 1. The van der Waals surface area contributed by atoms with Crippen molar-refractivity contribution in [3.8, 4) is 0 Å². The highest BCUT2D eigenvalue weighted by Gasteiger charge is 2.31. The molecule has 0 aromatic heterocycles. The molecular weight excluding hydrogens is 252 g/mol. The molecule has 20 heavy (non-hydrogen) atoms. The Balaban J connectivity index is 2.55. The van der Waals surface area contributed by atoms with Gasteiger partial charge in [-0.25, -0.2) is 0 Å². The molecule has 4 nitrogen and oxygen atoms in total. The van der Waals surface area contributed by atoms with Gasteiger partial charge < -0.3 is 15.0 Å². The topological polar surface area (TPSA) is 41.6 Å². The van der Waals surface area contributed by atoms with Gasteiger partial charge in [-0.2, -0.15) is 0 Å². The zero-order chi connectivity index (χ0) is 15.0. The summed E-state index contributed by atoms with van der Waals surface area (Å²) in [5, 5.41) is 3.07. The van der Waals surface area contributed by atoms with E-state index in [4.69, 9.17) is 4.74 Å². The lowest BCUT2D eigenvalue weighted by molar-refractivity contribution is -0.148. The van der Waals surface area contributed by atoms with Crippen LogP contribution >= 0.6 is 0 Å². The van der Waals surface area contributed by atoms with Gasteiger partial charge in [-0.05, 0) is 45.9 Å². The van der Waals surface area contributed by atoms with Crippen molar-refractivity contribution >= 4 is 11.7 Å².